The summed E-state index contributed by atoms with van der Waals surface area (Å²) in [6.45, 7) is 9.06. The molecule has 1 aliphatic rings. The van der Waals surface area contributed by atoms with Crippen molar-refractivity contribution in [2.45, 2.75) is 40.5 Å². The van der Waals surface area contributed by atoms with Crippen LogP contribution in [0, 0.1) is 11.3 Å². The average molecular weight is 194 g/mol. The Morgan fingerprint density at radius 2 is 2.21 bits per heavy atom. The number of allylic oxidation sites excluding steroid dienone is 3. The van der Waals surface area contributed by atoms with Gasteiger partial charge in [0.25, 0.3) is 0 Å². The predicted molar refractivity (Wildman–Crippen MR) is 61.1 cm³/mol. The Labute approximate surface area is 87.5 Å². The molecule has 0 amide bonds. The monoisotopic (exact) mass is 194 g/mol. The van der Waals surface area contributed by atoms with Crippen LogP contribution in [0.15, 0.2) is 23.3 Å². The zero-order valence-electron chi connectivity index (χ0n) is 9.80. The summed E-state index contributed by atoms with van der Waals surface area (Å²) >= 11 is 0. The summed E-state index contributed by atoms with van der Waals surface area (Å²) in [7, 11) is 0. The van der Waals surface area contributed by atoms with Crippen LogP contribution in [-0.4, -0.2) is 11.7 Å². The lowest BCUT2D eigenvalue weighted by atomic mass is 9.72. The first-order valence-corrected chi connectivity index (χ1v) is 5.47. The first-order chi connectivity index (χ1) is 6.47. The summed E-state index contributed by atoms with van der Waals surface area (Å²) in [5.74, 6) is 0.269. The molecule has 0 aromatic carbocycles. The minimum atomic E-state index is 0.243. The third-order valence-corrected chi connectivity index (χ3v) is 3.11. The van der Waals surface area contributed by atoms with E-state index in [2.05, 4.69) is 39.8 Å². The van der Waals surface area contributed by atoms with E-state index in [9.17, 15) is 0 Å². The Morgan fingerprint density at radius 3 is 2.71 bits per heavy atom. The lowest BCUT2D eigenvalue weighted by Crippen LogP contribution is -2.20. The van der Waals surface area contributed by atoms with Crippen LogP contribution in [-0.2, 0) is 0 Å². The van der Waals surface area contributed by atoms with Gasteiger partial charge in [0.15, 0.2) is 0 Å². The molecule has 0 bridgehead atoms. The van der Waals surface area contributed by atoms with E-state index < -0.39 is 0 Å². The highest BCUT2D eigenvalue weighted by Crippen LogP contribution is 2.40. The van der Waals surface area contributed by atoms with Gasteiger partial charge in [-0.05, 0) is 36.7 Å². The normalized spacial score (nSPS) is 26.1. The number of rotatable bonds is 2. The van der Waals surface area contributed by atoms with Crippen LogP contribution in [0.1, 0.15) is 40.5 Å². The summed E-state index contributed by atoms with van der Waals surface area (Å²) in [6.07, 6.45) is 6.93. The second-order valence-electron chi connectivity index (χ2n) is 5.05. The molecule has 0 aliphatic heterocycles. The topological polar surface area (TPSA) is 20.2 Å². The Morgan fingerprint density at radius 1 is 1.57 bits per heavy atom. The lowest BCUT2D eigenvalue weighted by molar-refractivity contribution is 0.259. The molecule has 0 spiro atoms. The summed E-state index contributed by atoms with van der Waals surface area (Å²) in [6, 6.07) is 0. The van der Waals surface area contributed by atoms with Crippen molar-refractivity contribution < 1.29 is 5.11 Å². The number of hydrogen-bond acceptors (Lipinski definition) is 1. The maximum atomic E-state index is 9.06. The Hall–Kier alpha value is -0.560. The number of aliphatic hydroxyl groups is 1. The van der Waals surface area contributed by atoms with Crippen molar-refractivity contribution >= 4 is 0 Å². The predicted octanol–water partition coefficient (Wildman–Crippen LogP) is 3.31. The van der Waals surface area contributed by atoms with Crippen LogP contribution in [0.3, 0.4) is 0 Å². The van der Waals surface area contributed by atoms with Crippen LogP contribution < -0.4 is 0 Å². The number of hydrogen-bond donors (Lipinski definition) is 1. The Bertz CT molecular complexity index is 258. The summed E-state index contributed by atoms with van der Waals surface area (Å²) in [5, 5.41) is 9.06. The van der Waals surface area contributed by atoms with Gasteiger partial charge in [-0.1, -0.05) is 38.5 Å². The van der Waals surface area contributed by atoms with E-state index in [1.807, 2.05) is 0 Å². The minimum absolute atomic E-state index is 0.243. The van der Waals surface area contributed by atoms with E-state index in [-0.39, 0.29) is 17.9 Å². The van der Waals surface area contributed by atoms with Gasteiger partial charge in [0.05, 0.1) is 0 Å². The van der Waals surface area contributed by atoms with E-state index in [0.29, 0.717) is 0 Å². The van der Waals surface area contributed by atoms with Gasteiger partial charge in [-0.25, -0.2) is 0 Å². The molecule has 0 saturated carbocycles. The highest BCUT2D eigenvalue weighted by molar-refractivity contribution is 5.37. The van der Waals surface area contributed by atoms with Gasteiger partial charge >= 0.3 is 0 Å². The van der Waals surface area contributed by atoms with Gasteiger partial charge in [0, 0.05) is 6.61 Å². The molecule has 1 heteroatoms. The molecule has 1 nitrogen and oxygen atoms in total. The maximum absolute atomic E-state index is 9.06. The van der Waals surface area contributed by atoms with Crippen LogP contribution in [0.5, 0.6) is 0 Å². The summed E-state index contributed by atoms with van der Waals surface area (Å²) in [5.41, 5.74) is 3.09. The lowest BCUT2D eigenvalue weighted by Gasteiger charge is -2.33. The average Bonchev–Trinajstić information content (AvgIpc) is 2.11. The van der Waals surface area contributed by atoms with Crippen molar-refractivity contribution in [3.05, 3.63) is 23.3 Å². The molecule has 0 heterocycles. The van der Waals surface area contributed by atoms with Crippen molar-refractivity contribution in [2.24, 2.45) is 11.3 Å². The largest absolute Gasteiger partial charge is 0.396 e. The van der Waals surface area contributed by atoms with E-state index in [1.165, 1.54) is 24.0 Å². The zero-order chi connectivity index (χ0) is 10.8. The molecular formula is C13H22O. The smallest absolute Gasteiger partial charge is 0.0491 e. The molecule has 1 atom stereocenters. The van der Waals surface area contributed by atoms with Gasteiger partial charge in [-0.2, -0.15) is 0 Å². The molecule has 0 aromatic rings. The van der Waals surface area contributed by atoms with Crippen LogP contribution in [0.25, 0.3) is 0 Å². The minimum Gasteiger partial charge on any atom is -0.396 e. The van der Waals surface area contributed by atoms with Crippen molar-refractivity contribution in [1.29, 1.82) is 0 Å². The Balaban J connectivity index is 2.96. The summed E-state index contributed by atoms with van der Waals surface area (Å²) in [4.78, 5) is 0. The van der Waals surface area contributed by atoms with Gasteiger partial charge in [0.2, 0.25) is 0 Å². The highest BCUT2D eigenvalue weighted by atomic mass is 16.3. The molecule has 0 aromatic heterocycles. The molecule has 1 N–H and O–H groups in total. The van der Waals surface area contributed by atoms with E-state index in [1.54, 1.807) is 0 Å². The van der Waals surface area contributed by atoms with Crippen molar-refractivity contribution in [2.75, 3.05) is 6.61 Å². The third kappa shape index (κ3) is 2.48. The molecule has 80 valence electrons. The fourth-order valence-electron chi connectivity index (χ4n) is 2.12. The Kier molecular flexibility index (Phi) is 3.54. The van der Waals surface area contributed by atoms with Gasteiger partial charge in [-0.15, -0.1) is 0 Å². The fraction of sp³-hybridized carbons (Fsp3) is 0.692. The highest BCUT2D eigenvalue weighted by Gasteiger charge is 2.26. The van der Waals surface area contributed by atoms with Gasteiger partial charge in [-0.3, -0.25) is 0 Å². The molecule has 0 radical (unpaired) electrons. The van der Waals surface area contributed by atoms with E-state index in [0.717, 1.165) is 0 Å². The number of aliphatic hydroxyl groups excluding tert-OH is 1. The van der Waals surface area contributed by atoms with Crippen LogP contribution in [0.4, 0.5) is 0 Å². The second kappa shape index (κ2) is 4.31. The molecule has 0 saturated heterocycles. The van der Waals surface area contributed by atoms with Crippen molar-refractivity contribution in [1.82, 2.24) is 0 Å². The van der Waals surface area contributed by atoms with E-state index >= 15 is 0 Å². The first kappa shape index (κ1) is 11.5. The van der Waals surface area contributed by atoms with E-state index in [4.69, 9.17) is 5.11 Å². The van der Waals surface area contributed by atoms with Crippen molar-refractivity contribution in [3.63, 3.8) is 0 Å². The first-order valence-electron chi connectivity index (χ1n) is 5.47. The summed E-state index contributed by atoms with van der Waals surface area (Å²) < 4.78 is 0. The second-order valence-corrected chi connectivity index (χ2v) is 5.05. The molecular weight excluding hydrogens is 172 g/mol. The molecule has 1 unspecified atom stereocenters. The SMILES string of the molecule is CC1=CCCC(C)(C)/C1=C/C(C)CO. The van der Waals surface area contributed by atoms with Crippen molar-refractivity contribution in [3.8, 4) is 0 Å². The molecule has 1 aliphatic carbocycles. The third-order valence-electron chi connectivity index (χ3n) is 3.11. The van der Waals surface area contributed by atoms with Gasteiger partial charge < -0.3 is 5.11 Å². The van der Waals surface area contributed by atoms with Crippen LogP contribution >= 0.6 is 0 Å². The zero-order valence-corrected chi connectivity index (χ0v) is 9.80. The standard InChI is InChI=1S/C13H22O/c1-10(9-14)8-12-11(2)6-5-7-13(12,3)4/h6,8,10,14H,5,7,9H2,1-4H3/b12-8+. The molecule has 14 heavy (non-hydrogen) atoms. The molecule has 1 rings (SSSR count). The quantitative estimate of drug-likeness (QED) is 0.715. The van der Waals surface area contributed by atoms with Gasteiger partial charge in [0.1, 0.15) is 0 Å². The fourth-order valence-corrected chi connectivity index (χ4v) is 2.12. The molecule has 0 fully saturated rings. The maximum Gasteiger partial charge on any atom is 0.0491 e. The van der Waals surface area contributed by atoms with Crippen LogP contribution in [0.2, 0.25) is 0 Å².